The van der Waals surface area contributed by atoms with Crippen LogP contribution in [0.2, 0.25) is 0 Å². The molecule has 0 aromatic heterocycles. The first kappa shape index (κ1) is 9.36. The van der Waals surface area contributed by atoms with Gasteiger partial charge in [0.05, 0.1) is 6.10 Å². The summed E-state index contributed by atoms with van der Waals surface area (Å²) in [6.45, 7) is 5.07. The third-order valence-corrected chi connectivity index (χ3v) is 1.95. The molecule has 0 saturated heterocycles. The summed E-state index contributed by atoms with van der Waals surface area (Å²) in [4.78, 5) is 2.76. The summed E-state index contributed by atoms with van der Waals surface area (Å²) in [7, 11) is 0. The van der Waals surface area contributed by atoms with E-state index in [4.69, 9.17) is 10.3 Å². The predicted octanol–water partition coefficient (Wildman–Crippen LogP) is 2.50. The third kappa shape index (κ3) is 2.72. The number of ether oxygens (including phenoxy) is 1. The molecular weight excluding hydrogens is 154 g/mol. The Balaban J connectivity index is 2.05. The summed E-state index contributed by atoms with van der Waals surface area (Å²) in [6, 6.07) is 0.187. The lowest BCUT2D eigenvalue weighted by atomic mass is 9.90. The van der Waals surface area contributed by atoms with Gasteiger partial charge in [0.1, 0.15) is 0 Å². The van der Waals surface area contributed by atoms with Crippen molar-refractivity contribution in [1.29, 1.82) is 0 Å². The van der Waals surface area contributed by atoms with Crippen molar-refractivity contribution in [3.05, 3.63) is 10.4 Å². The highest BCUT2D eigenvalue weighted by atomic mass is 16.5. The molecule has 0 radical (unpaired) electrons. The van der Waals surface area contributed by atoms with Gasteiger partial charge in [0.15, 0.2) is 0 Å². The molecule has 4 heteroatoms. The van der Waals surface area contributed by atoms with Crippen molar-refractivity contribution in [2.24, 2.45) is 11.0 Å². The minimum atomic E-state index is 0.187. The Morgan fingerprint density at radius 1 is 1.58 bits per heavy atom. The van der Waals surface area contributed by atoms with Crippen LogP contribution in [0.4, 0.5) is 0 Å². The van der Waals surface area contributed by atoms with Gasteiger partial charge in [-0.25, -0.2) is 0 Å². The van der Waals surface area contributed by atoms with Crippen molar-refractivity contribution in [2.45, 2.75) is 38.8 Å². The van der Waals surface area contributed by atoms with Crippen LogP contribution < -0.4 is 0 Å². The SMILES string of the molecule is CC(C)COC1CC(N=[N+]=[N-])C1. The van der Waals surface area contributed by atoms with E-state index in [2.05, 4.69) is 23.9 Å². The van der Waals surface area contributed by atoms with Gasteiger partial charge < -0.3 is 4.74 Å². The molecule has 0 aromatic carbocycles. The molecular formula is C8H15N3O. The number of rotatable bonds is 4. The average Bonchev–Trinajstić information content (AvgIpc) is 1.93. The normalized spacial score (nSPS) is 27.9. The van der Waals surface area contributed by atoms with E-state index in [1.807, 2.05) is 0 Å². The van der Waals surface area contributed by atoms with Crippen LogP contribution >= 0.6 is 0 Å². The Bertz CT molecular complexity index is 181. The molecule has 1 aliphatic carbocycles. The van der Waals surface area contributed by atoms with Gasteiger partial charge >= 0.3 is 0 Å². The minimum Gasteiger partial charge on any atom is -0.378 e. The second-order valence-corrected chi connectivity index (χ2v) is 3.68. The maximum absolute atomic E-state index is 8.12. The fourth-order valence-corrected chi connectivity index (χ4v) is 1.17. The van der Waals surface area contributed by atoms with E-state index < -0.39 is 0 Å². The monoisotopic (exact) mass is 169 g/mol. The second kappa shape index (κ2) is 4.33. The summed E-state index contributed by atoms with van der Waals surface area (Å²) >= 11 is 0. The van der Waals surface area contributed by atoms with E-state index >= 15 is 0 Å². The lowest BCUT2D eigenvalue weighted by Crippen LogP contribution is -2.34. The van der Waals surface area contributed by atoms with Crippen LogP contribution in [0.15, 0.2) is 5.11 Å². The Morgan fingerprint density at radius 3 is 2.75 bits per heavy atom. The topological polar surface area (TPSA) is 58.0 Å². The highest BCUT2D eigenvalue weighted by Gasteiger charge is 2.28. The highest BCUT2D eigenvalue weighted by molar-refractivity contribution is 4.86. The first-order valence-electron chi connectivity index (χ1n) is 4.38. The summed E-state index contributed by atoms with van der Waals surface area (Å²) < 4.78 is 5.53. The molecule has 0 aromatic rings. The molecule has 0 amide bonds. The highest BCUT2D eigenvalue weighted by Crippen LogP contribution is 2.26. The molecule has 0 spiro atoms. The largest absolute Gasteiger partial charge is 0.378 e. The van der Waals surface area contributed by atoms with Crippen LogP contribution in [0.5, 0.6) is 0 Å². The first-order chi connectivity index (χ1) is 5.72. The van der Waals surface area contributed by atoms with Crippen LogP contribution in [0.3, 0.4) is 0 Å². The summed E-state index contributed by atoms with van der Waals surface area (Å²) in [5.74, 6) is 0.587. The Morgan fingerprint density at radius 2 is 2.25 bits per heavy atom. The number of nitrogens with zero attached hydrogens (tertiary/aromatic N) is 3. The number of hydrogen-bond donors (Lipinski definition) is 0. The molecule has 0 bridgehead atoms. The lowest BCUT2D eigenvalue weighted by molar-refractivity contribution is -0.0202. The van der Waals surface area contributed by atoms with Crippen LogP contribution in [0.1, 0.15) is 26.7 Å². The second-order valence-electron chi connectivity index (χ2n) is 3.68. The molecule has 0 N–H and O–H groups in total. The summed E-state index contributed by atoms with van der Waals surface area (Å²) in [5, 5.41) is 3.61. The molecule has 68 valence electrons. The van der Waals surface area contributed by atoms with Crippen LogP contribution in [0.25, 0.3) is 10.4 Å². The van der Waals surface area contributed by atoms with Gasteiger partial charge in [0, 0.05) is 17.6 Å². The van der Waals surface area contributed by atoms with Gasteiger partial charge in [0.2, 0.25) is 0 Å². The maximum Gasteiger partial charge on any atom is 0.0583 e. The van der Waals surface area contributed by atoms with Gasteiger partial charge in [-0.05, 0) is 24.3 Å². The van der Waals surface area contributed by atoms with Gasteiger partial charge in [-0.2, -0.15) is 0 Å². The van der Waals surface area contributed by atoms with Gasteiger partial charge in [-0.3, -0.25) is 0 Å². The molecule has 4 nitrogen and oxygen atoms in total. The summed E-state index contributed by atoms with van der Waals surface area (Å²) in [5.41, 5.74) is 8.12. The zero-order valence-electron chi connectivity index (χ0n) is 7.60. The third-order valence-electron chi connectivity index (χ3n) is 1.95. The fraction of sp³-hybridized carbons (Fsp3) is 1.00. The van der Waals surface area contributed by atoms with E-state index in [9.17, 15) is 0 Å². The lowest BCUT2D eigenvalue weighted by Gasteiger charge is -2.32. The molecule has 1 fully saturated rings. The standard InChI is InChI=1S/C8H15N3O/c1-6(2)5-12-8-3-7(4-8)10-11-9/h6-8H,3-5H2,1-2H3. The number of hydrogen-bond acceptors (Lipinski definition) is 2. The smallest absolute Gasteiger partial charge is 0.0583 e. The van der Waals surface area contributed by atoms with E-state index in [1.165, 1.54) is 0 Å². The quantitative estimate of drug-likeness (QED) is 0.362. The maximum atomic E-state index is 8.12. The van der Waals surface area contributed by atoms with E-state index in [0.29, 0.717) is 12.0 Å². The Kier molecular flexibility index (Phi) is 3.38. The van der Waals surface area contributed by atoms with Crippen molar-refractivity contribution in [3.8, 4) is 0 Å². The molecule has 1 aliphatic rings. The molecule has 12 heavy (non-hydrogen) atoms. The van der Waals surface area contributed by atoms with Gasteiger partial charge in [0.25, 0.3) is 0 Å². The van der Waals surface area contributed by atoms with Gasteiger partial charge in [-0.1, -0.05) is 19.0 Å². The first-order valence-corrected chi connectivity index (χ1v) is 4.38. The van der Waals surface area contributed by atoms with E-state index in [0.717, 1.165) is 19.4 Å². The van der Waals surface area contributed by atoms with E-state index in [1.54, 1.807) is 0 Å². The minimum absolute atomic E-state index is 0.187. The van der Waals surface area contributed by atoms with Gasteiger partial charge in [-0.15, -0.1) is 0 Å². The van der Waals surface area contributed by atoms with Crippen LogP contribution in [-0.2, 0) is 4.74 Å². The van der Waals surface area contributed by atoms with E-state index in [-0.39, 0.29) is 6.04 Å². The molecule has 0 unspecified atom stereocenters. The molecule has 0 aliphatic heterocycles. The zero-order valence-corrected chi connectivity index (χ0v) is 7.60. The average molecular weight is 169 g/mol. The Hall–Kier alpha value is -0.730. The number of azide groups is 1. The molecule has 1 saturated carbocycles. The van der Waals surface area contributed by atoms with Crippen molar-refractivity contribution < 1.29 is 4.74 Å². The molecule has 0 heterocycles. The van der Waals surface area contributed by atoms with Crippen LogP contribution in [0, 0.1) is 5.92 Å². The van der Waals surface area contributed by atoms with Crippen molar-refractivity contribution in [3.63, 3.8) is 0 Å². The van der Waals surface area contributed by atoms with Crippen LogP contribution in [-0.4, -0.2) is 18.8 Å². The predicted molar refractivity (Wildman–Crippen MR) is 46.7 cm³/mol. The molecule has 0 atom stereocenters. The summed E-state index contributed by atoms with van der Waals surface area (Å²) in [6.07, 6.45) is 2.14. The van der Waals surface area contributed by atoms with Crippen molar-refractivity contribution >= 4 is 0 Å². The fourth-order valence-electron chi connectivity index (χ4n) is 1.17. The Labute approximate surface area is 72.5 Å². The molecule has 1 rings (SSSR count). The van der Waals surface area contributed by atoms with Crippen molar-refractivity contribution in [1.82, 2.24) is 0 Å². The van der Waals surface area contributed by atoms with Crippen molar-refractivity contribution in [2.75, 3.05) is 6.61 Å². The zero-order chi connectivity index (χ0) is 8.97.